The van der Waals surface area contributed by atoms with Gasteiger partial charge in [0.1, 0.15) is 0 Å². The van der Waals surface area contributed by atoms with Crippen LogP contribution in [0, 0.1) is 17.8 Å². The number of rotatable bonds is 2. The highest BCUT2D eigenvalue weighted by atomic mass is 32.2. The number of cyclic esters (lactones) is 2. The molecule has 1 aromatic rings. The average Bonchev–Trinajstić information content (AvgIpc) is 2.70. The monoisotopic (exact) mass is 274 g/mol. The molecule has 1 saturated heterocycles. The molecule has 2 aliphatic rings. The van der Waals surface area contributed by atoms with Gasteiger partial charge in [0.15, 0.2) is 0 Å². The van der Waals surface area contributed by atoms with Gasteiger partial charge in [0, 0.05) is 10.8 Å². The van der Waals surface area contributed by atoms with Crippen LogP contribution in [-0.4, -0.2) is 11.9 Å². The van der Waals surface area contributed by atoms with E-state index in [4.69, 9.17) is 4.74 Å². The molecule has 1 fully saturated rings. The minimum absolute atomic E-state index is 0.0444. The van der Waals surface area contributed by atoms with Crippen molar-refractivity contribution in [1.82, 2.24) is 0 Å². The maximum Gasteiger partial charge on any atom is 0.318 e. The molecule has 0 radical (unpaired) electrons. The van der Waals surface area contributed by atoms with Gasteiger partial charge in [0.25, 0.3) is 0 Å². The fourth-order valence-corrected chi connectivity index (χ4v) is 3.79. The summed E-state index contributed by atoms with van der Waals surface area (Å²) in [5.74, 6) is -1.25. The molecule has 1 heterocycles. The van der Waals surface area contributed by atoms with E-state index in [0.29, 0.717) is 6.42 Å². The molecule has 19 heavy (non-hydrogen) atoms. The Hall–Kier alpha value is -1.55. The van der Waals surface area contributed by atoms with Crippen molar-refractivity contribution in [3.8, 4) is 0 Å². The van der Waals surface area contributed by atoms with Gasteiger partial charge in [-0.1, -0.05) is 43.0 Å². The zero-order valence-electron chi connectivity index (χ0n) is 10.5. The van der Waals surface area contributed by atoms with Crippen molar-refractivity contribution in [2.45, 2.75) is 18.2 Å². The van der Waals surface area contributed by atoms with Gasteiger partial charge < -0.3 is 4.74 Å². The predicted molar refractivity (Wildman–Crippen MR) is 72.2 cm³/mol. The topological polar surface area (TPSA) is 43.4 Å². The van der Waals surface area contributed by atoms with E-state index in [0.717, 1.165) is 9.80 Å². The fraction of sp³-hybridized carbons (Fsp3) is 0.333. The van der Waals surface area contributed by atoms with Gasteiger partial charge in [0.2, 0.25) is 0 Å². The molecule has 1 aliphatic carbocycles. The molecule has 0 spiro atoms. The molecule has 3 nitrogen and oxygen atoms in total. The van der Waals surface area contributed by atoms with E-state index in [-0.39, 0.29) is 29.7 Å². The van der Waals surface area contributed by atoms with E-state index in [1.54, 1.807) is 11.8 Å². The lowest BCUT2D eigenvalue weighted by atomic mass is 9.78. The van der Waals surface area contributed by atoms with Crippen LogP contribution in [0.15, 0.2) is 46.2 Å². The minimum atomic E-state index is -0.359. The second-order valence-electron chi connectivity index (χ2n) is 4.92. The van der Waals surface area contributed by atoms with Crippen molar-refractivity contribution in [3.05, 3.63) is 41.3 Å². The minimum Gasteiger partial charge on any atom is -0.393 e. The molecule has 4 heteroatoms. The number of hydrogen-bond donors (Lipinski definition) is 0. The quantitative estimate of drug-likeness (QED) is 0.614. The number of carbonyl (C=O) groups is 2. The highest BCUT2D eigenvalue weighted by Gasteiger charge is 2.49. The van der Waals surface area contributed by atoms with E-state index < -0.39 is 0 Å². The molecular formula is C15H14O3S. The summed E-state index contributed by atoms with van der Waals surface area (Å²) < 4.78 is 4.76. The third-order valence-corrected chi connectivity index (χ3v) is 5.03. The maximum absolute atomic E-state index is 11.7. The van der Waals surface area contributed by atoms with E-state index in [1.807, 2.05) is 37.3 Å². The lowest BCUT2D eigenvalue weighted by molar-refractivity contribution is -0.153. The van der Waals surface area contributed by atoms with Crippen molar-refractivity contribution in [3.63, 3.8) is 0 Å². The Morgan fingerprint density at radius 3 is 2.63 bits per heavy atom. The molecule has 1 aromatic carbocycles. The summed E-state index contributed by atoms with van der Waals surface area (Å²) in [6, 6.07) is 10.1. The molecule has 0 amide bonds. The van der Waals surface area contributed by atoms with E-state index in [9.17, 15) is 9.59 Å². The van der Waals surface area contributed by atoms with Crippen LogP contribution in [0.2, 0.25) is 0 Å². The maximum atomic E-state index is 11.7. The van der Waals surface area contributed by atoms with Crippen LogP contribution in [0.3, 0.4) is 0 Å². The molecule has 98 valence electrons. The van der Waals surface area contributed by atoms with E-state index in [1.165, 1.54) is 0 Å². The normalized spacial score (nSPS) is 29.7. The van der Waals surface area contributed by atoms with E-state index in [2.05, 4.69) is 6.08 Å². The summed E-state index contributed by atoms with van der Waals surface area (Å²) in [6.07, 6.45) is 2.68. The fourth-order valence-electron chi connectivity index (χ4n) is 2.71. The lowest BCUT2D eigenvalue weighted by Gasteiger charge is -2.27. The van der Waals surface area contributed by atoms with Crippen LogP contribution in [0.5, 0.6) is 0 Å². The Labute approximate surface area is 116 Å². The zero-order chi connectivity index (χ0) is 13.4. The van der Waals surface area contributed by atoms with Crippen molar-refractivity contribution in [1.29, 1.82) is 0 Å². The lowest BCUT2D eigenvalue weighted by Crippen LogP contribution is -2.28. The van der Waals surface area contributed by atoms with Crippen LogP contribution in [-0.2, 0) is 14.3 Å². The predicted octanol–water partition coefficient (Wildman–Crippen LogP) is 3.02. The Morgan fingerprint density at radius 2 is 1.89 bits per heavy atom. The van der Waals surface area contributed by atoms with Gasteiger partial charge in [-0.15, -0.1) is 0 Å². The number of fused-ring (bicyclic) bond motifs is 1. The highest BCUT2D eigenvalue weighted by Crippen LogP contribution is 2.45. The number of carbonyl (C=O) groups excluding carboxylic acids is 2. The standard InChI is InChI=1S/C15H14O3S/c1-9-12(19-10-5-3-2-4-6-10)8-7-11-13(9)15(17)18-14(11)16/h2-6,8-9,11,13H,7H2,1H3/t9-,11+,13-/m1/s1. The highest BCUT2D eigenvalue weighted by molar-refractivity contribution is 8.03. The molecule has 3 rings (SSSR count). The second-order valence-corrected chi connectivity index (χ2v) is 6.07. The number of allylic oxidation sites excluding steroid dienone is 2. The van der Waals surface area contributed by atoms with Crippen LogP contribution < -0.4 is 0 Å². The molecule has 0 unspecified atom stereocenters. The number of thioether (sulfide) groups is 1. The van der Waals surface area contributed by atoms with Crippen LogP contribution in [0.4, 0.5) is 0 Å². The summed E-state index contributed by atoms with van der Waals surface area (Å²) in [7, 11) is 0. The third-order valence-electron chi connectivity index (χ3n) is 3.75. The Kier molecular flexibility index (Phi) is 3.19. The number of benzene rings is 1. The van der Waals surface area contributed by atoms with Crippen molar-refractivity contribution >= 4 is 23.7 Å². The van der Waals surface area contributed by atoms with Crippen molar-refractivity contribution < 1.29 is 14.3 Å². The summed E-state index contributed by atoms with van der Waals surface area (Å²) in [5.41, 5.74) is 0. The molecular weight excluding hydrogens is 260 g/mol. The molecule has 0 saturated carbocycles. The van der Waals surface area contributed by atoms with E-state index >= 15 is 0 Å². The van der Waals surface area contributed by atoms with Gasteiger partial charge in [-0.3, -0.25) is 9.59 Å². The largest absolute Gasteiger partial charge is 0.393 e. The van der Waals surface area contributed by atoms with Gasteiger partial charge >= 0.3 is 11.9 Å². The summed E-state index contributed by atoms with van der Waals surface area (Å²) >= 11 is 1.67. The van der Waals surface area contributed by atoms with Crippen LogP contribution >= 0.6 is 11.8 Å². The summed E-state index contributed by atoms with van der Waals surface area (Å²) in [5, 5.41) is 0. The third kappa shape index (κ3) is 2.21. The Morgan fingerprint density at radius 1 is 1.16 bits per heavy atom. The first-order valence-corrected chi connectivity index (χ1v) is 7.17. The smallest absolute Gasteiger partial charge is 0.318 e. The van der Waals surface area contributed by atoms with Crippen LogP contribution in [0.25, 0.3) is 0 Å². The van der Waals surface area contributed by atoms with Crippen molar-refractivity contribution in [2.75, 3.05) is 0 Å². The Balaban J connectivity index is 1.83. The molecule has 0 bridgehead atoms. The first-order chi connectivity index (χ1) is 9.16. The van der Waals surface area contributed by atoms with Crippen molar-refractivity contribution in [2.24, 2.45) is 17.8 Å². The number of esters is 2. The van der Waals surface area contributed by atoms with Gasteiger partial charge in [-0.2, -0.15) is 0 Å². The summed E-state index contributed by atoms with van der Waals surface area (Å²) in [6.45, 7) is 2.00. The van der Waals surface area contributed by atoms with Crippen LogP contribution in [0.1, 0.15) is 13.3 Å². The zero-order valence-corrected chi connectivity index (χ0v) is 11.4. The SMILES string of the molecule is C[C@@H]1C(Sc2ccccc2)=CC[C@@H]2C(=O)OC(=O)[C@H]12. The first kappa shape index (κ1) is 12.5. The Bertz CT molecular complexity index is 550. The first-order valence-electron chi connectivity index (χ1n) is 6.35. The number of ether oxygens (including phenoxy) is 1. The molecule has 1 aliphatic heterocycles. The van der Waals surface area contributed by atoms with Gasteiger partial charge in [0.05, 0.1) is 11.8 Å². The molecule has 0 N–H and O–H groups in total. The number of hydrogen-bond acceptors (Lipinski definition) is 4. The summed E-state index contributed by atoms with van der Waals surface area (Å²) in [4.78, 5) is 25.6. The van der Waals surface area contributed by atoms with Gasteiger partial charge in [-0.05, 0) is 23.5 Å². The molecule has 3 atom stereocenters. The molecule has 0 aromatic heterocycles. The second kappa shape index (κ2) is 4.85. The average molecular weight is 274 g/mol. The van der Waals surface area contributed by atoms with Gasteiger partial charge in [-0.25, -0.2) is 0 Å².